The number of carbonyl (C=O) groups is 2. The Morgan fingerprint density at radius 1 is 0.933 bits per heavy atom. The minimum Gasteiger partial charge on any atom is -0.338 e. The molecule has 2 aliphatic heterocycles. The van der Waals surface area contributed by atoms with Crippen molar-refractivity contribution >= 4 is 21.8 Å². The molecule has 1 aromatic carbocycles. The van der Waals surface area contributed by atoms with Crippen LogP contribution in [0.15, 0.2) is 29.2 Å². The van der Waals surface area contributed by atoms with Crippen molar-refractivity contribution in [2.24, 2.45) is 5.92 Å². The van der Waals surface area contributed by atoms with Crippen LogP contribution in [0.5, 0.6) is 0 Å². The summed E-state index contributed by atoms with van der Waals surface area (Å²) in [6.07, 6.45) is 1.29. The number of benzene rings is 1. The largest absolute Gasteiger partial charge is 0.338 e. The van der Waals surface area contributed by atoms with Crippen LogP contribution in [0, 0.1) is 5.92 Å². The summed E-state index contributed by atoms with van der Waals surface area (Å²) in [5.74, 6) is 0.320. The Balaban J connectivity index is 1.67. The summed E-state index contributed by atoms with van der Waals surface area (Å²) in [6, 6.07) is 6.58. The molecule has 1 atom stereocenters. The van der Waals surface area contributed by atoms with Gasteiger partial charge in [-0.1, -0.05) is 39.8 Å². The van der Waals surface area contributed by atoms with Gasteiger partial charge in [-0.25, -0.2) is 8.42 Å². The first kappa shape index (κ1) is 22.7. The van der Waals surface area contributed by atoms with E-state index in [1.165, 1.54) is 4.31 Å². The van der Waals surface area contributed by atoms with Crippen molar-refractivity contribution < 1.29 is 18.0 Å². The van der Waals surface area contributed by atoms with Crippen LogP contribution in [-0.2, 0) is 19.6 Å². The van der Waals surface area contributed by atoms with Gasteiger partial charge in [-0.2, -0.15) is 4.31 Å². The van der Waals surface area contributed by atoms with E-state index in [0.29, 0.717) is 32.0 Å². The van der Waals surface area contributed by atoms with E-state index in [4.69, 9.17) is 0 Å². The Labute approximate surface area is 180 Å². The van der Waals surface area contributed by atoms with Gasteiger partial charge < -0.3 is 9.80 Å². The third-order valence-corrected chi connectivity index (χ3v) is 7.98. The molecule has 3 rings (SSSR count). The van der Waals surface area contributed by atoms with Gasteiger partial charge in [0, 0.05) is 39.1 Å². The second-order valence-electron chi connectivity index (χ2n) is 8.83. The van der Waals surface area contributed by atoms with Crippen molar-refractivity contribution in [3.05, 3.63) is 29.8 Å². The van der Waals surface area contributed by atoms with Crippen molar-refractivity contribution in [3.63, 3.8) is 0 Å². The highest BCUT2D eigenvalue weighted by atomic mass is 32.2. The zero-order chi connectivity index (χ0) is 22.1. The highest BCUT2D eigenvalue weighted by Crippen LogP contribution is 2.24. The van der Waals surface area contributed by atoms with Crippen LogP contribution in [0.1, 0.15) is 52.0 Å². The lowest BCUT2D eigenvalue weighted by atomic mass is 10.0. The molecule has 7 nitrogen and oxygen atoms in total. The maximum atomic E-state index is 13.2. The second-order valence-corrected chi connectivity index (χ2v) is 10.8. The number of nitrogens with zero attached hydrogens (tertiary/aromatic N) is 3. The molecular weight excluding hydrogens is 402 g/mol. The molecule has 2 aliphatic rings. The van der Waals surface area contributed by atoms with Gasteiger partial charge in [-0.15, -0.1) is 0 Å². The summed E-state index contributed by atoms with van der Waals surface area (Å²) in [6.45, 7) is 9.87. The fourth-order valence-electron chi connectivity index (χ4n) is 4.25. The number of carbonyl (C=O) groups excluding carboxylic acids is 2. The van der Waals surface area contributed by atoms with Gasteiger partial charge in [0.25, 0.3) is 0 Å². The van der Waals surface area contributed by atoms with Crippen molar-refractivity contribution in [1.29, 1.82) is 0 Å². The maximum absolute atomic E-state index is 13.2. The predicted octanol–water partition coefficient (Wildman–Crippen LogP) is 2.29. The molecule has 0 saturated carbocycles. The quantitative estimate of drug-likeness (QED) is 0.687. The Bertz CT molecular complexity index is 872. The molecule has 0 aromatic heterocycles. The van der Waals surface area contributed by atoms with E-state index < -0.39 is 16.1 Å². The van der Waals surface area contributed by atoms with Gasteiger partial charge in [-0.3, -0.25) is 9.59 Å². The van der Waals surface area contributed by atoms with Gasteiger partial charge >= 0.3 is 0 Å². The summed E-state index contributed by atoms with van der Waals surface area (Å²) >= 11 is 0. The van der Waals surface area contributed by atoms with E-state index in [2.05, 4.69) is 13.8 Å². The number of likely N-dealkylation sites (tertiary alicyclic amines) is 1. The third-order valence-electron chi connectivity index (χ3n) is 6.07. The fraction of sp³-hybridized carbons (Fsp3) is 0.636. The highest BCUT2D eigenvalue weighted by molar-refractivity contribution is 7.89. The molecule has 0 bridgehead atoms. The monoisotopic (exact) mass is 435 g/mol. The van der Waals surface area contributed by atoms with Crippen LogP contribution in [0.25, 0.3) is 0 Å². The smallest absolute Gasteiger partial charge is 0.245 e. The van der Waals surface area contributed by atoms with Gasteiger partial charge in [0.2, 0.25) is 21.8 Å². The van der Waals surface area contributed by atoms with Crippen molar-refractivity contribution in [1.82, 2.24) is 14.1 Å². The molecule has 1 unspecified atom stereocenters. The fourth-order valence-corrected chi connectivity index (χ4v) is 5.67. The average Bonchev–Trinajstić information content (AvgIpc) is 3.13. The summed E-state index contributed by atoms with van der Waals surface area (Å²) in [5, 5.41) is 0. The number of piperazine rings is 1. The molecule has 0 N–H and O–H groups in total. The first-order chi connectivity index (χ1) is 14.1. The van der Waals surface area contributed by atoms with Crippen LogP contribution in [0.3, 0.4) is 0 Å². The summed E-state index contributed by atoms with van der Waals surface area (Å²) in [4.78, 5) is 29.0. The van der Waals surface area contributed by atoms with Crippen LogP contribution in [-0.4, -0.2) is 73.1 Å². The lowest BCUT2D eigenvalue weighted by molar-refractivity contribution is -0.146. The molecule has 0 aliphatic carbocycles. The standard InChI is InChI=1S/C22H33N3O4S/c1-16(2)18-7-9-19(10-8-18)30(28,29)24-14-12-23(13-15-24)22(27)21(17(3)4)25-11-5-6-20(25)26/h7-10,16-17,21H,5-6,11-15H2,1-4H3. The van der Waals surface area contributed by atoms with Crippen LogP contribution < -0.4 is 0 Å². The lowest BCUT2D eigenvalue weighted by Gasteiger charge is -2.39. The topological polar surface area (TPSA) is 78.0 Å². The van der Waals surface area contributed by atoms with E-state index in [1.54, 1.807) is 21.9 Å². The molecule has 0 radical (unpaired) electrons. The summed E-state index contributed by atoms with van der Waals surface area (Å²) in [7, 11) is -3.58. The molecule has 0 spiro atoms. The van der Waals surface area contributed by atoms with Crippen LogP contribution in [0.2, 0.25) is 0 Å². The third kappa shape index (κ3) is 4.54. The molecule has 2 fully saturated rings. The minimum absolute atomic E-state index is 0.0146. The zero-order valence-corrected chi connectivity index (χ0v) is 19.2. The van der Waals surface area contributed by atoms with E-state index in [-0.39, 0.29) is 35.7 Å². The van der Waals surface area contributed by atoms with Crippen molar-refractivity contribution in [2.75, 3.05) is 32.7 Å². The minimum atomic E-state index is -3.58. The highest BCUT2D eigenvalue weighted by Gasteiger charge is 2.39. The molecule has 166 valence electrons. The molecule has 30 heavy (non-hydrogen) atoms. The molecule has 2 amide bonds. The number of sulfonamides is 1. The Morgan fingerprint density at radius 3 is 2.00 bits per heavy atom. The van der Waals surface area contributed by atoms with Gasteiger partial charge in [-0.05, 0) is 36.0 Å². The molecule has 2 saturated heterocycles. The molecule has 8 heteroatoms. The first-order valence-corrected chi connectivity index (χ1v) is 12.2. The molecule has 2 heterocycles. The van der Waals surface area contributed by atoms with Crippen LogP contribution >= 0.6 is 0 Å². The lowest BCUT2D eigenvalue weighted by Crippen LogP contribution is -2.57. The summed E-state index contributed by atoms with van der Waals surface area (Å²) in [5.41, 5.74) is 1.10. The Kier molecular flexibility index (Phi) is 6.87. The SMILES string of the molecule is CC(C)c1ccc(S(=O)(=O)N2CCN(C(=O)C(C(C)C)N3CCCC3=O)CC2)cc1. The van der Waals surface area contributed by atoms with Gasteiger partial charge in [0.05, 0.1) is 4.90 Å². The van der Waals surface area contributed by atoms with Crippen LogP contribution in [0.4, 0.5) is 0 Å². The second kappa shape index (κ2) is 9.06. The van der Waals surface area contributed by atoms with Crippen molar-refractivity contribution in [2.45, 2.75) is 57.4 Å². The number of amides is 2. The van der Waals surface area contributed by atoms with E-state index in [9.17, 15) is 18.0 Å². The zero-order valence-electron chi connectivity index (χ0n) is 18.4. The number of rotatable bonds is 6. The maximum Gasteiger partial charge on any atom is 0.245 e. The number of hydrogen-bond donors (Lipinski definition) is 0. The first-order valence-electron chi connectivity index (χ1n) is 10.8. The normalized spacial score (nSPS) is 19.7. The van der Waals surface area contributed by atoms with Gasteiger partial charge in [0.1, 0.15) is 6.04 Å². The Hall–Kier alpha value is -1.93. The predicted molar refractivity (Wildman–Crippen MR) is 115 cm³/mol. The van der Waals surface area contributed by atoms with E-state index in [1.807, 2.05) is 26.0 Å². The average molecular weight is 436 g/mol. The molecule has 1 aromatic rings. The van der Waals surface area contributed by atoms with Crippen molar-refractivity contribution in [3.8, 4) is 0 Å². The van der Waals surface area contributed by atoms with E-state index in [0.717, 1.165) is 12.0 Å². The van der Waals surface area contributed by atoms with E-state index >= 15 is 0 Å². The Morgan fingerprint density at radius 2 is 1.53 bits per heavy atom. The molecular formula is C22H33N3O4S. The number of hydrogen-bond acceptors (Lipinski definition) is 4. The van der Waals surface area contributed by atoms with Gasteiger partial charge in [0.15, 0.2) is 0 Å². The summed E-state index contributed by atoms with van der Waals surface area (Å²) < 4.78 is 27.5.